The summed E-state index contributed by atoms with van der Waals surface area (Å²) >= 11 is 0. The fraction of sp³-hybridized carbons (Fsp3) is 1.00. The Labute approximate surface area is 170 Å². The van der Waals surface area contributed by atoms with E-state index in [1.807, 2.05) is 27.9 Å². The van der Waals surface area contributed by atoms with Gasteiger partial charge in [0.05, 0.1) is 38.6 Å². The van der Waals surface area contributed by atoms with Crippen LogP contribution in [-0.4, -0.2) is 76.0 Å². The molecule has 2 atom stereocenters. The predicted octanol–water partition coefficient (Wildman–Crippen LogP) is 4.30. The van der Waals surface area contributed by atoms with Gasteiger partial charge in [0.1, 0.15) is 0 Å². The minimum absolute atomic E-state index is 0. The monoisotopic (exact) mass is 394 g/mol. The summed E-state index contributed by atoms with van der Waals surface area (Å²) in [7, 11) is 3.75. The van der Waals surface area contributed by atoms with E-state index < -0.39 is 0 Å². The van der Waals surface area contributed by atoms with E-state index >= 15 is 0 Å². The van der Waals surface area contributed by atoms with E-state index in [9.17, 15) is 0 Å². The zero-order valence-electron chi connectivity index (χ0n) is 12.1. The molecule has 0 saturated carbocycles. The Hall–Kier alpha value is -0.240. The number of rotatable bonds is 10. The van der Waals surface area contributed by atoms with Gasteiger partial charge in [0.15, 0.2) is 0 Å². The lowest BCUT2D eigenvalue weighted by Gasteiger charge is -2.10. The summed E-state index contributed by atoms with van der Waals surface area (Å²) in [6.45, 7) is 6.67. The van der Waals surface area contributed by atoms with E-state index in [4.69, 9.17) is 19.7 Å². The zero-order chi connectivity index (χ0) is 14.2. The average molecular weight is 395 g/mol. The van der Waals surface area contributed by atoms with E-state index in [0.29, 0.717) is 13.2 Å². The smallest absolute Gasteiger partial charge is 0.0701 e. The van der Waals surface area contributed by atoms with Crippen LogP contribution >= 0.6 is 0 Å². The first-order chi connectivity index (χ1) is 8.62. The number of nitrogens with one attached hydrogen (secondary N) is 2. The van der Waals surface area contributed by atoms with Gasteiger partial charge in [-0.25, -0.2) is 0 Å². The zero-order valence-corrected chi connectivity index (χ0v) is 12.1. The molecule has 0 aromatic carbocycles. The third-order valence-electron chi connectivity index (χ3n) is 1.97. The maximum Gasteiger partial charge on any atom is 0.0701 e. The van der Waals surface area contributed by atoms with Crippen LogP contribution in [0.25, 0.3) is 0 Å². The normalized spacial score (nSPS) is 9.46. The third kappa shape index (κ3) is 65.0. The van der Waals surface area contributed by atoms with Crippen molar-refractivity contribution in [2.24, 2.45) is 0 Å². The van der Waals surface area contributed by atoms with Crippen molar-refractivity contribution in [3.05, 3.63) is 0 Å². The number of hydrogen-bond acceptors (Lipinski definition) is 6. The summed E-state index contributed by atoms with van der Waals surface area (Å²) in [4.78, 5) is 0. The second-order valence-electron chi connectivity index (χ2n) is 3.93. The van der Waals surface area contributed by atoms with Gasteiger partial charge in [-0.05, 0) is 27.9 Å². The Morgan fingerprint density at radius 3 is 1.00 bits per heavy atom. The maximum atomic E-state index is 8.34. The first-order valence-electron chi connectivity index (χ1n) is 6.36. The first kappa shape index (κ1) is 63.6. The van der Waals surface area contributed by atoms with Crippen LogP contribution in [-0.2, 0) is 9.47 Å². The van der Waals surface area contributed by atoms with Crippen molar-refractivity contribution >= 4 is 0 Å². The molecule has 0 aliphatic rings. The maximum absolute atomic E-state index is 8.34. The van der Waals surface area contributed by atoms with Gasteiger partial charge in [0.2, 0.25) is 0 Å². The lowest BCUT2D eigenvalue weighted by atomic mass is 10.4. The van der Waals surface area contributed by atoms with Crippen LogP contribution in [0.3, 0.4) is 0 Å². The molecule has 0 spiro atoms. The quantitative estimate of drug-likeness (QED) is 0.442. The van der Waals surface area contributed by atoms with Crippen LogP contribution in [0.5, 0.6) is 0 Å². The van der Waals surface area contributed by atoms with E-state index in [2.05, 4.69) is 10.6 Å². The summed E-state index contributed by atoms with van der Waals surface area (Å²) in [5, 5.41) is 22.6. The molecule has 0 aromatic heterocycles. The Morgan fingerprint density at radius 2 is 0.846 bits per heavy atom. The van der Waals surface area contributed by atoms with Crippen LogP contribution in [0.4, 0.5) is 0 Å². The number of aliphatic hydroxyl groups excluding tert-OH is 2. The highest BCUT2D eigenvalue weighted by Crippen LogP contribution is 1.86. The van der Waals surface area contributed by atoms with Crippen LogP contribution in [0, 0.1) is 0 Å². The van der Waals surface area contributed by atoms with Crippen LogP contribution in [0.2, 0.25) is 0 Å². The van der Waals surface area contributed by atoms with Gasteiger partial charge in [-0.3, -0.25) is 0 Å². The molecular formula is C20H62N2O4. The molecule has 176 valence electrons. The molecule has 0 aliphatic carbocycles. The molecule has 26 heavy (non-hydrogen) atoms. The predicted molar refractivity (Wildman–Crippen MR) is 127 cm³/mol. The van der Waals surface area contributed by atoms with Crippen molar-refractivity contribution in [1.82, 2.24) is 10.6 Å². The number of aliphatic hydroxyl groups is 2. The van der Waals surface area contributed by atoms with Gasteiger partial charge in [-0.15, -0.1) is 0 Å². The van der Waals surface area contributed by atoms with Crippen LogP contribution < -0.4 is 10.6 Å². The Morgan fingerprint density at radius 1 is 0.615 bits per heavy atom. The van der Waals surface area contributed by atoms with Gasteiger partial charge < -0.3 is 30.3 Å². The molecule has 6 heteroatoms. The Bertz CT molecular complexity index is 138. The molecule has 0 aliphatic heterocycles. The van der Waals surface area contributed by atoms with Crippen molar-refractivity contribution in [3.8, 4) is 0 Å². The largest absolute Gasteiger partial charge is 0.394 e. The van der Waals surface area contributed by atoms with Crippen molar-refractivity contribution in [3.63, 3.8) is 0 Å². The van der Waals surface area contributed by atoms with Crippen molar-refractivity contribution in [2.75, 3.05) is 53.6 Å². The molecule has 0 amide bonds. The van der Waals surface area contributed by atoms with Gasteiger partial charge >= 0.3 is 0 Å². The van der Waals surface area contributed by atoms with Crippen molar-refractivity contribution in [1.29, 1.82) is 0 Å². The summed E-state index contributed by atoms with van der Waals surface area (Å²) in [5.74, 6) is 0. The molecule has 0 bridgehead atoms. The second-order valence-corrected chi connectivity index (χ2v) is 3.93. The SMILES string of the molecule is C.C.C.C.C.C.C.C.CNCC(C)OCCO.CNCC(C)OCCO. The standard InChI is InChI=1S/2C6H15NO2.8CH4/c2*1-6(5-7-2)9-4-3-8;;;;;;;;/h2*6-8H,3-5H2,1-2H3;8*1H4. The minimum atomic E-state index is 0. The number of ether oxygens (including phenoxy) is 2. The third-order valence-corrected chi connectivity index (χ3v) is 1.97. The number of likely N-dealkylation sites (N-methyl/N-ethyl adjacent to an activating group) is 2. The van der Waals surface area contributed by atoms with Gasteiger partial charge in [0.25, 0.3) is 0 Å². The van der Waals surface area contributed by atoms with Gasteiger partial charge in [0, 0.05) is 13.1 Å². The number of hydrogen-bond donors (Lipinski definition) is 4. The molecule has 0 aromatic rings. The molecule has 0 fully saturated rings. The average Bonchev–Trinajstić information content (AvgIpc) is 2.35. The lowest BCUT2D eigenvalue weighted by Crippen LogP contribution is -2.24. The molecule has 0 rings (SSSR count). The first-order valence-corrected chi connectivity index (χ1v) is 6.36. The molecule has 2 unspecified atom stereocenters. The highest BCUT2D eigenvalue weighted by atomic mass is 16.5. The van der Waals surface area contributed by atoms with Crippen molar-refractivity contribution in [2.45, 2.75) is 85.5 Å². The molecule has 0 saturated heterocycles. The summed E-state index contributed by atoms with van der Waals surface area (Å²) in [5.41, 5.74) is 0. The van der Waals surface area contributed by atoms with E-state index in [0.717, 1.165) is 13.1 Å². The van der Waals surface area contributed by atoms with Crippen LogP contribution in [0.15, 0.2) is 0 Å². The summed E-state index contributed by atoms with van der Waals surface area (Å²) in [6, 6.07) is 0. The fourth-order valence-electron chi connectivity index (χ4n) is 1.20. The topological polar surface area (TPSA) is 83.0 Å². The molecule has 0 radical (unpaired) electrons. The van der Waals surface area contributed by atoms with Crippen molar-refractivity contribution < 1.29 is 19.7 Å². The molecule has 0 heterocycles. The summed E-state index contributed by atoms with van der Waals surface area (Å²) < 4.78 is 10.2. The fourth-order valence-corrected chi connectivity index (χ4v) is 1.20. The molecule has 4 N–H and O–H groups in total. The second kappa shape index (κ2) is 56.3. The Balaban J connectivity index is -0.0000000188. The van der Waals surface area contributed by atoms with Gasteiger partial charge in [-0.1, -0.05) is 59.4 Å². The highest BCUT2D eigenvalue weighted by Gasteiger charge is 1.97. The van der Waals surface area contributed by atoms with Crippen LogP contribution in [0.1, 0.15) is 73.3 Å². The lowest BCUT2D eigenvalue weighted by molar-refractivity contribution is 0.0404. The van der Waals surface area contributed by atoms with E-state index in [-0.39, 0.29) is 84.8 Å². The molecule has 6 nitrogen and oxygen atoms in total. The highest BCUT2D eigenvalue weighted by molar-refractivity contribution is 4.50. The van der Waals surface area contributed by atoms with Gasteiger partial charge in [-0.2, -0.15) is 0 Å². The summed E-state index contributed by atoms with van der Waals surface area (Å²) in [6.07, 6.45) is 0.393. The van der Waals surface area contributed by atoms with E-state index in [1.54, 1.807) is 0 Å². The molecular weight excluding hydrogens is 332 g/mol. The minimum Gasteiger partial charge on any atom is -0.394 e. The van der Waals surface area contributed by atoms with E-state index in [1.165, 1.54) is 0 Å². The Kier molecular flexibility index (Phi) is 138.